The van der Waals surface area contributed by atoms with E-state index in [1.165, 1.54) is 26.5 Å². The number of carbonyl (C=O) groups is 4. The van der Waals surface area contributed by atoms with Crippen molar-refractivity contribution in [3.63, 3.8) is 0 Å². The van der Waals surface area contributed by atoms with Gasteiger partial charge in [-0.2, -0.15) is 0 Å². The maximum atomic E-state index is 13.0. The highest BCUT2D eigenvalue weighted by Gasteiger charge is 2.50. The zero-order valence-electron chi connectivity index (χ0n) is 19.5. The molecule has 0 saturated carbocycles. The van der Waals surface area contributed by atoms with Crippen molar-refractivity contribution < 1.29 is 37.9 Å². The molecule has 1 fully saturated rings. The highest BCUT2D eigenvalue weighted by atomic mass is 16.6. The Balaban J connectivity index is 2.07. The van der Waals surface area contributed by atoms with Gasteiger partial charge in [-0.3, -0.25) is 19.2 Å². The van der Waals surface area contributed by atoms with Crippen LogP contribution in [0.5, 0.6) is 0 Å². The lowest BCUT2D eigenvalue weighted by Gasteiger charge is -2.26. The molecule has 4 atom stereocenters. The van der Waals surface area contributed by atoms with Gasteiger partial charge in [0.25, 0.3) is 5.91 Å². The van der Waals surface area contributed by atoms with Crippen molar-refractivity contribution in [3.8, 4) is 0 Å². The zero-order chi connectivity index (χ0) is 24.6. The molecule has 33 heavy (non-hydrogen) atoms. The first-order chi connectivity index (χ1) is 15.6. The number of methoxy groups -OCH3 is 2. The number of aromatic nitrogens is 1. The fourth-order valence-corrected chi connectivity index (χ4v) is 3.13. The lowest BCUT2D eigenvalue weighted by Crippen LogP contribution is -2.58. The third-order valence-electron chi connectivity index (χ3n) is 5.02. The molecule has 1 aromatic rings. The minimum atomic E-state index is -1.12. The minimum Gasteiger partial charge on any atom is -0.382 e. The Kier molecular flexibility index (Phi) is 9.50. The van der Waals surface area contributed by atoms with Crippen molar-refractivity contribution in [2.75, 3.05) is 34.0 Å². The van der Waals surface area contributed by atoms with Gasteiger partial charge in [-0.05, 0) is 19.3 Å². The number of carbonyl (C=O) groups excluding carboxylic acids is 4. The number of epoxide rings is 1. The van der Waals surface area contributed by atoms with E-state index in [9.17, 15) is 19.2 Å². The first-order valence-electron chi connectivity index (χ1n) is 10.6. The van der Waals surface area contributed by atoms with Crippen LogP contribution in [0.1, 0.15) is 37.7 Å². The zero-order valence-corrected chi connectivity index (χ0v) is 19.5. The van der Waals surface area contributed by atoms with Crippen molar-refractivity contribution in [1.82, 2.24) is 21.1 Å². The summed E-state index contributed by atoms with van der Waals surface area (Å²) in [4.78, 5) is 50.8. The smallest absolute Gasteiger partial charge is 0.290 e. The van der Waals surface area contributed by atoms with Gasteiger partial charge in [-0.15, -0.1) is 0 Å². The van der Waals surface area contributed by atoms with Crippen LogP contribution >= 0.6 is 0 Å². The Morgan fingerprint density at radius 2 is 1.58 bits per heavy atom. The molecule has 0 spiro atoms. The number of Topliss-reactive ketones (excluding diaryl/α,β-unsaturated/α-hetero) is 1. The van der Waals surface area contributed by atoms with Gasteiger partial charge >= 0.3 is 0 Å². The van der Waals surface area contributed by atoms with Gasteiger partial charge in [0, 0.05) is 20.3 Å². The van der Waals surface area contributed by atoms with E-state index in [0.29, 0.717) is 13.0 Å². The molecule has 0 aromatic carbocycles. The second-order valence-electron chi connectivity index (χ2n) is 8.45. The van der Waals surface area contributed by atoms with E-state index < -0.39 is 41.4 Å². The summed E-state index contributed by atoms with van der Waals surface area (Å²) in [7, 11) is 2.74. The molecular formula is C21H32N4O8. The number of ketones is 1. The van der Waals surface area contributed by atoms with Crippen LogP contribution in [0.3, 0.4) is 0 Å². The summed E-state index contributed by atoms with van der Waals surface area (Å²) < 4.78 is 20.1. The van der Waals surface area contributed by atoms with E-state index in [-0.39, 0.29) is 30.7 Å². The standard InChI is InChI=1S/C21H32N4O8/c1-12(2)8-13(17(26)21(3)11-32-21)23-18(27)14(9-30-4)24-19(28)15(10-31-5)25-20(29)16-6-7-22-33-16/h6-7,12-15H,8-11H2,1-5H3,(H,23,27)(H,24,28)(H,25,29)/t13?,14-,15?,21+/m0/s1. The first kappa shape index (κ1) is 26.4. The lowest BCUT2D eigenvalue weighted by molar-refractivity contribution is -0.134. The van der Waals surface area contributed by atoms with Crippen LogP contribution in [0.2, 0.25) is 0 Å². The van der Waals surface area contributed by atoms with Crippen LogP contribution in [0.25, 0.3) is 0 Å². The molecule has 3 amide bonds. The molecule has 3 N–H and O–H groups in total. The van der Waals surface area contributed by atoms with Crippen molar-refractivity contribution >= 4 is 23.5 Å². The van der Waals surface area contributed by atoms with Gasteiger partial charge in [0.05, 0.1) is 32.1 Å². The van der Waals surface area contributed by atoms with Crippen LogP contribution in [-0.2, 0) is 28.6 Å². The number of rotatable bonds is 14. The van der Waals surface area contributed by atoms with Gasteiger partial charge in [-0.1, -0.05) is 19.0 Å². The van der Waals surface area contributed by atoms with Crippen molar-refractivity contribution in [2.45, 2.75) is 50.9 Å². The normalized spacial score (nSPS) is 19.9. The maximum Gasteiger partial charge on any atom is 0.290 e. The third kappa shape index (κ3) is 7.62. The Morgan fingerprint density at radius 3 is 2.03 bits per heavy atom. The quantitative estimate of drug-likeness (QED) is 0.304. The molecule has 2 heterocycles. The fraction of sp³-hybridized carbons (Fsp3) is 0.667. The second kappa shape index (κ2) is 11.9. The predicted molar refractivity (Wildman–Crippen MR) is 114 cm³/mol. The summed E-state index contributed by atoms with van der Waals surface area (Å²) in [5.41, 5.74) is -0.901. The van der Waals surface area contributed by atoms with E-state index in [1.807, 2.05) is 13.8 Å². The molecule has 2 rings (SSSR count). The van der Waals surface area contributed by atoms with Gasteiger partial charge in [-0.25, -0.2) is 0 Å². The largest absolute Gasteiger partial charge is 0.382 e. The molecule has 1 saturated heterocycles. The van der Waals surface area contributed by atoms with Gasteiger partial charge in [0.1, 0.15) is 17.7 Å². The van der Waals surface area contributed by atoms with Crippen molar-refractivity contribution in [3.05, 3.63) is 18.0 Å². The fourth-order valence-electron chi connectivity index (χ4n) is 3.13. The highest BCUT2D eigenvalue weighted by molar-refractivity contribution is 5.99. The van der Waals surface area contributed by atoms with E-state index in [0.717, 1.165) is 0 Å². The molecule has 2 unspecified atom stereocenters. The van der Waals surface area contributed by atoms with E-state index in [2.05, 4.69) is 21.1 Å². The molecule has 1 aromatic heterocycles. The number of hydrogen-bond acceptors (Lipinski definition) is 9. The predicted octanol–water partition coefficient (Wildman–Crippen LogP) is -0.560. The van der Waals surface area contributed by atoms with Crippen LogP contribution in [0.15, 0.2) is 16.8 Å². The van der Waals surface area contributed by atoms with Gasteiger partial charge in [0.15, 0.2) is 5.78 Å². The number of hydrogen-bond donors (Lipinski definition) is 3. The number of ether oxygens (including phenoxy) is 3. The Hall–Kier alpha value is -2.83. The van der Waals surface area contributed by atoms with Crippen LogP contribution in [-0.4, -0.2) is 86.4 Å². The molecule has 1 aliphatic heterocycles. The molecule has 1 aliphatic rings. The average molecular weight is 469 g/mol. The van der Waals surface area contributed by atoms with Gasteiger partial charge < -0.3 is 34.7 Å². The topological polar surface area (TPSA) is 161 Å². The second-order valence-corrected chi connectivity index (χ2v) is 8.45. The van der Waals surface area contributed by atoms with Crippen LogP contribution < -0.4 is 16.0 Å². The number of nitrogens with zero attached hydrogens (tertiary/aromatic N) is 1. The van der Waals surface area contributed by atoms with E-state index >= 15 is 0 Å². The molecule has 0 radical (unpaired) electrons. The molecule has 184 valence electrons. The molecule has 0 aliphatic carbocycles. The SMILES string of the molecule is COCC(NC(=O)c1ccno1)C(=O)N[C@@H](COC)C(=O)NC(CC(C)C)C(=O)[C@@]1(C)CO1. The Morgan fingerprint density at radius 1 is 1.03 bits per heavy atom. The summed E-state index contributed by atoms with van der Waals surface area (Å²) >= 11 is 0. The Bertz CT molecular complexity index is 822. The van der Waals surface area contributed by atoms with Crippen molar-refractivity contribution in [1.29, 1.82) is 0 Å². The van der Waals surface area contributed by atoms with E-state index in [4.69, 9.17) is 18.7 Å². The van der Waals surface area contributed by atoms with Crippen LogP contribution in [0.4, 0.5) is 0 Å². The molecule has 0 bridgehead atoms. The monoisotopic (exact) mass is 468 g/mol. The summed E-state index contributed by atoms with van der Waals surface area (Å²) in [5.74, 6) is -2.10. The number of amides is 3. The minimum absolute atomic E-state index is 0.0825. The summed E-state index contributed by atoms with van der Waals surface area (Å²) in [6.07, 6.45) is 1.71. The molecule has 12 nitrogen and oxygen atoms in total. The Labute approximate surface area is 192 Å². The molecular weight excluding hydrogens is 436 g/mol. The molecule has 12 heteroatoms. The summed E-state index contributed by atoms with van der Waals surface area (Å²) in [6, 6.07) is -1.66. The van der Waals surface area contributed by atoms with E-state index in [1.54, 1.807) is 6.92 Å². The maximum absolute atomic E-state index is 13.0. The van der Waals surface area contributed by atoms with Crippen LogP contribution in [0, 0.1) is 5.92 Å². The highest BCUT2D eigenvalue weighted by Crippen LogP contribution is 2.29. The summed E-state index contributed by atoms with van der Waals surface area (Å²) in [6.45, 7) is 5.54. The number of nitrogens with one attached hydrogen (secondary N) is 3. The average Bonchev–Trinajstić information content (AvgIpc) is 3.27. The summed E-state index contributed by atoms with van der Waals surface area (Å²) in [5, 5.41) is 11.2. The first-order valence-corrected chi connectivity index (χ1v) is 10.6. The van der Waals surface area contributed by atoms with Gasteiger partial charge in [0.2, 0.25) is 17.6 Å². The third-order valence-corrected chi connectivity index (χ3v) is 5.02. The lowest BCUT2D eigenvalue weighted by atomic mass is 9.93. The van der Waals surface area contributed by atoms with Crippen molar-refractivity contribution in [2.24, 2.45) is 5.92 Å².